The molecule has 0 N–H and O–H groups in total. The molecule has 2 aromatic rings. The highest BCUT2D eigenvalue weighted by molar-refractivity contribution is 9.10. The second kappa shape index (κ2) is 5.51. The zero-order valence-corrected chi connectivity index (χ0v) is 11.7. The molecule has 0 saturated heterocycles. The first-order valence-corrected chi connectivity index (χ1v) is 6.36. The van der Waals surface area contributed by atoms with Crippen molar-refractivity contribution < 1.29 is 4.39 Å². The molecule has 0 amide bonds. The van der Waals surface area contributed by atoms with Crippen LogP contribution in [-0.2, 0) is 0 Å². The highest BCUT2D eigenvalue weighted by atomic mass is 79.9. The van der Waals surface area contributed by atoms with Crippen molar-refractivity contribution in [2.75, 3.05) is 0 Å². The molecule has 0 aromatic heterocycles. The summed E-state index contributed by atoms with van der Waals surface area (Å²) in [5.74, 6) is -0.403. The Bertz CT molecular complexity index is 553. The summed E-state index contributed by atoms with van der Waals surface area (Å²) in [5, 5.41) is 7.82. The number of rotatable bonds is 2. The molecule has 0 radical (unpaired) electrons. The molecule has 0 unspecified atom stereocenters. The van der Waals surface area contributed by atoms with Crippen LogP contribution in [0.2, 0.25) is 0 Å². The number of hydrogen-bond acceptors (Lipinski definition) is 2. The van der Waals surface area contributed by atoms with Gasteiger partial charge in [-0.3, -0.25) is 0 Å². The predicted octanol–water partition coefficient (Wildman–Crippen LogP) is 5.77. The second-order valence-electron chi connectivity index (χ2n) is 3.27. The van der Waals surface area contributed by atoms with E-state index in [0.29, 0.717) is 10.2 Å². The largest absolute Gasteiger partial charge is 0.205 e. The highest BCUT2D eigenvalue weighted by Crippen LogP contribution is 2.24. The smallest absolute Gasteiger partial charge is 0.151 e. The third-order valence-electron chi connectivity index (χ3n) is 2.01. The average Bonchev–Trinajstić information content (AvgIpc) is 2.30. The van der Waals surface area contributed by atoms with Crippen LogP contribution in [0.15, 0.2) is 61.6 Å². The summed E-state index contributed by atoms with van der Waals surface area (Å²) < 4.78 is 15.1. The summed E-state index contributed by atoms with van der Waals surface area (Å²) in [7, 11) is 0. The summed E-state index contributed by atoms with van der Waals surface area (Å²) in [6, 6.07) is 11.9. The minimum atomic E-state index is -0.403. The Labute approximate surface area is 115 Å². The number of benzene rings is 2. The van der Waals surface area contributed by atoms with Gasteiger partial charge in [-0.15, -0.1) is 5.11 Å². The van der Waals surface area contributed by atoms with Crippen LogP contribution in [-0.4, -0.2) is 0 Å². The monoisotopic (exact) mass is 356 g/mol. The van der Waals surface area contributed by atoms with Gasteiger partial charge in [0, 0.05) is 8.95 Å². The van der Waals surface area contributed by atoms with Crippen molar-refractivity contribution >= 4 is 43.2 Å². The van der Waals surface area contributed by atoms with E-state index >= 15 is 0 Å². The van der Waals surface area contributed by atoms with Crippen molar-refractivity contribution in [3.8, 4) is 0 Å². The lowest BCUT2D eigenvalue weighted by molar-refractivity contribution is 0.627. The van der Waals surface area contributed by atoms with E-state index in [1.54, 1.807) is 24.3 Å². The van der Waals surface area contributed by atoms with Crippen LogP contribution in [0, 0.1) is 5.82 Å². The Morgan fingerprint density at radius 1 is 0.824 bits per heavy atom. The molecule has 0 aliphatic carbocycles. The van der Waals surface area contributed by atoms with Crippen molar-refractivity contribution in [3.63, 3.8) is 0 Å². The van der Waals surface area contributed by atoms with E-state index in [2.05, 4.69) is 42.1 Å². The van der Waals surface area contributed by atoms with Crippen LogP contribution in [0.4, 0.5) is 15.8 Å². The molecule has 0 bridgehead atoms. The zero-order chi connectivity index (χ0) is 12.3. The van der Waals surface area contributed by atoms with Gasteiger partial charge in [0.2, 0.25) is 0 Å². The molecular formula is C12H7Br2FN2. The van der Waals surface area contributed by atoms with Crippen molar-refractivity contribution in [1.29, 1.82) is 0 Å². The van der Waals surface area contributed by atoms with Crippen molar-refractivity contribution in [2.45, 2.75) is 0 Å². The first kappa shape index (κ1) is 12.4. The van der Waals surface area contributed by atoms with E-state index in [4.69, 9.17) is 0 Å². The lowest BCUT2D eigenvalue weighted by Gasteiger charge is -1.96. The van der Waals surface area contributed by atoms with Gasteiger partial charge in [0.15, 0.2) is 5.82 Å². The maximum Gasteiger partial charge on any atom is 0.151 e. The van der Waals surface area contributed by atoms with Gasteiger partial charge in [0.1, 0.15) is 5.69 Å². The van der Waals surface area contributed by atoms with Crippen LogP contribution in [0.5, 0.6) is 0 Å². The van der Waals surface area contributed by atoms with E-state index in [-0.39, 0.29) is 5.69 Å². The predicted molar refractivity (Wildman–Crippen MR) is 72.4 cm³/mol. The van der Waals surface area contributed by atoms with Gasteiger partial charge in [0.25, 0.3) is 0 Å². The Balaban J connectivity index is 2.23. The fourth-order valence-corrected chi connectivity index (χ4v) is 1.78. The molecule has 0 atom stereocenters. The van der Waals surface area contributed by atoms with Gasteiger partial charge in [-0.1, -0.05) is 31.9 Å². The lowest BCUT2D eigenvalue weighted by atomic mass is 10.3. The SMILES string of the molecule is Fc1cc(Br)ccc1/N=N/c1ccc(Br)cc1. The quantitative estimate of drug-likeness (QED) is 0.610. The third kappa shape index (κ3) is 3.44. The molecular weight excluding hydrogens is 351 g/mol. The average molecular weight is 358 g/mol. The van der Waals surface area contributed by atoms with Gasteiger partial charge in [0.05, 0.1) is 5.69 Å². The molecule has 2 rings (SSSR count). The molecule has 17 heavy (non-hydrogen) atoms. The molecule has 0 aliphatic heterocycles. The standard InChI is InChI=1S/C12H7Br2FN2/c13-8-1-4-10(5-2-8)16-17-12-6-3-9(14)7-11(12)15/h1-7H/b17-16+. The fraction of sp³-hybridized carbons (Fsp3) is 0. The van der Waals surface area contributed by atoms with Crippen LogP contribution < -0.4 is 0 Å². The molecule has 0 fully saturated rings. The van der Waals surface area contributed by atoms with Crippen LogP contribution >= 0.6 is 31.9 Å². The minimum absolute atomic E-state index is 0.219. The Hall–Kier alpha value is -1.07. The third-order valence-corrected chi connectivity index (χ3v) is 3.03. The first-order chi connectivity index (χ1) is 8.15. The molecule has 0 aliphatic rings. The number of halogens is 3. The first-order valence-electron chi connectivity index (χ1n) is 4.77. The van der Waals surface area contributed by atoms with E-state index in [1.807, 2.05) is 12.1 Å². The lowest BCUT2D eigenvalue weighted by Crippen LogP contribution is -1.74. The van der Waals surface area contributed by atoms with Crippen LogP contribution in [0.25, 0.3) is 0 Å². The van der Waals surface area contributed by atoms with Crippen molar-refractivity contribution in [3.05, 3.63) is 57.2 Å². The fourth-order valence-electron chi connectivity index (χ4n) is 1.18. The normalized spacial score (nSPS) is 11.0. The molecule has 86 valence electrons. The molecule has 0 heterocycles. The number of hydrogen-bond donors (Lipinski definition) is 0. The van der Waals surface area contributed by atoms with Gasteiger partial charge >= 0.3 is 0 Å². The van der Waals surface area contributed by atoms with Crippen LogP contribution in [0.1, 0.15) is 0 Å². The molecule has 5 heteroatoms. The van der Waals surface area contributed by atoms with E-state index in [1.165, 1.54) is 6.07 Å². The van der Waals surface area contributed by atoms with E-state index < -0.39 is 5.82 Å². The Morgan fingerprint density at radius 3 is 2.12 bits per heavy atom. The molecule has 2 nitrogen and oxygen atoms in total. The van der Waals surface area contributed by atoms with E-state index in [9.17, 15) is 4.39 Å². The van der Waals surface area contributed by atoms with Crippen molar-refractivity contribution in [1.82, 2.24) is 0 Å². The van der Waals surface area contributed by atoms with Crippen LogP contribution in [0.3, 0.4) is 0 Å². The topological polar surface area (TPSA) is 24.7 Å². The van der Waals surface area contributed by atoms with Gasteiger partial charge in [-0.2, -0.15) is 5.11 Å². The summed E-state index contributed by atoms with van der Waals surface area (Å²) in [6.07, 6.45) is 0. The second-order valence-corrected chi connectivity index (χ2v) is 5.10. The molecule has 0 spiro atoms. The Morgan fingerprint density at radius 2 is 1.47 bits per heavy atom. The maximum absolute atomic E-state index is 13.4. The van der Waals surface area contributed by atoms with Gasteiger partial charge in [-0.25, -0.2) is 4.39 Å². The maximum atomic E-state index is 13.4. The summed E-state index contributed by atoms with van der Waals surface area (Å²) >= 11 is 6.51. The summed E-state index contributed by atoms with van der Waals surface area (Å²) in [5.41, 5.74) is 0.895. The minimum Gasteiger partial charge on any atom is -0.205 e. The summed E-state index contributed by atoms with van der Waals surface area (Å²) in [4.78, 5) is 0. The Kier molecular flexibility index (Phi) is 4.02. The summed E-state index contributed by atoms with van der Waals surface area (Å²) in [6.45, 7) is 0. The van der Waals surface area contributed by atoms with Crippen molar-refractivity contribution in [2.24, 2.45) is 10.2 Å². The van der Waals surface area contributed by atoms with E-state index in [0.717, 1.165) is 4.47 Å². The zero-order valence-electron chi connectivity index (χ0n) is 8.57. The number of azo groups is 1. The highest BCUT2D eigenvalue weighted by Gasteiger charge is 2.00. The van der Waals surface area contributed by atoms with Gasteiger partial charge in [-0.05, 0) is 42.5 Å². The molecule has 2 aromatic carbocycles. The number of nitrogens with zero attached hydrogens (tertiary/aromatic N) is 2. The van der Waals surface area contributed by atoms with Gasteiger partial charge < -0.3 is 0 Å². The molecule has 0 saturated carbocycles.